The van der Waals surface area contributed by atoms with Crippen LogP contribution in [0.25, 0.3) is 66.0 Å². The van der Waals surface area contributed by atoms with Gasteiger partial charge in [-0.05, 0) is 180 Å². The van der Waals surface area contributed by atoms with Gasteiger partial charge in [-0.1, -0.05) is 96.9 Å². The molecule has 1 N–H and O–H groups in total. The molecule has 2 fully saturated rings. The fraction of sp³-hybridized carbons (Fsp3) is 0.241. The van der Waals surface area contributed by atoms with E-state index in [1.807, 2.05) is 101 Å². The van der Waals surface area contributed by atoms with Gasteiger partial charge in [0.25, 0.3) is 0 Å². The number of benzene rings is 8. The lowest BCUT2D eigenvalue weighted by Crippen LogP contribution is -2.61. The number of aliphatic hydroxyl groups excluding tert-OH is 1. The fourth-order valence-electron chi connectivity index (χ4n) is 13.2. The molecule has 6 aromatic carbocycles. The second-order valence-electron chi connectivity index (χ2n) is 25.8. The number of amides is 2. The van der Waals surface area contributed by atoms with Gasteiger partial charge in [-0.15, -0.1) is 0 Å². The van der Waals surface area contributed by atoms with Crippen molar-refractivity contribution in [2.75, 3.05) is 13.2 Å². The molecule has 2 saturated heterocycles. The van der Waals surface area contributed by atoms with E-state index in [0.717, 1.165) is 33.4 Å². The van der Waals surface area contributed by atoms with Crippen molar-refractivity contribution in [1.82, 2.24) is 19.8 Å². The summed E-state index contributed by atoms with van der Waals surface area (Å²) in [5, 5.41) is 17.3. The lowest BCUT2D eigenvalue weighted by Gasteiger charge is -2.45. The molecule has 14 rings (SSSR count). The number of hydrogen-bond acceptors (Lipinski definition) is 19. The molecule has 25 heteroatoms. The standard InChI is InChI=1S/C40H35N5O7.C39H33N5O8/c1-23(2)37-33-18-27(38(45(33)39(37)47)40(48)51-21-25-6-9-28(10-7-25)43-44-41)5-4-16-49-34-15-8-26(17-24(34)3)22-50-30-12-14-32-36(20-30)52-35-19-29(46)11-13-31(35)42-32;1-22-16-25(21-50-29-11-13-31-35(19-29)52-34-18-28(46)10-12-30(34)41-31)7-14-33(22)49-15-3-4-26-17-32-36(23(2)45)38(47)44(32)37(26)39(48)51-20-24-5-8-27(9-6-24)42-43-40/h4-15,17,19-20,23,33,37H,16,18,21-22H2,1-3H3;3-14,16,18-19,23,32,36,45H,15,17,20-21H2,1-2H3/b5-4+;4-3+/t33-,37-;23-,32-,36-/m11/s1. The van der Waals surface area contributed by atoms with E-state index in [2.05, 4.69) is 30.0 Å². The zero-order valence-corrected chi connectivity index (χ0v) is 57.1. The third-order valence-electron chi connectivity index (χ3n) is 18.3. The number of allylic oxidation sites excluding steroid dienone is 2. The average molecular weight is 1400 g/mol. The van der Waals surface area contributed by atoms with E-state index in [0.29, 0.717) is 117 Å². The molecule has 25 nitrogen and oxygen atoms in total. The summed E-state index contributed by atoms with van der Waals surface area (Å²) in [6.45, 7) is 10.6. The average Bonchev–Trinajstić information content (AvgIpc) is 1.66. The number of nitrogens with zero attached hydrogens (tertiary/aromatic N) is 10. The number of fused-ring (bicyclic) bond motifs is 6. The Morgan fingerprint density at radius 3 is 1.38 bits per heavy atom. The molecule has 0 radical (unpaired) electrons. The van der Waals surface area contributed by atoms with E-state index in [9.17, 15) is 33.9 Å². The van der Waals surface area contributed by atoms with Crippen LogP contribution in [0, 0.1) is 31.6 Å². The lowest BCUT2D eigenvalue weighted by atomic mass is 9.79. The van der Waals surface area contributed by atoms with Crippen molar-refractivity contribution in [2.45, 2.75) is 92.1 Å². The van der Waals surface area contributed by atoms with Crippen molar-refractivity contribution in [3.05, 3.63) is 279 Å². The van der Waals surface area contributed by atoms with Crippen molar-refractivity contribution in [3.8, 4) is 45.9 Å². The number of carbonyl (C=O) groups is 4. The Labute approximate surface area is 594 Å². The van der Waals surface area contributed by atoms with Gasteiger partial charge in [0, 0.05) is 45.5 Å². The predicted octanol–water partition coefficient (Wildman–Crippen LogP) is 14.6. The maximum atomic E-state index is 13.4. The molecule has 6 aliphatic heterocycles. The van der Waals surface area contributed by atoms with Gasteiger partial charge in [-0.25, -0.2) is 19.6 Å². The normalized spacial score (nSPS) is 17.0. The van der Waals surface area contributed by atoms with Gasteiger partial charge in [0.15, 0.2) is 33.5 Å². The Bertz CT molecular complexity index is 4970. The van der Waals surface area contributed by atoms with Crippen LogP contribution in [0.15, 0.2) is 233 Å². The van der Waals surface area contributed by atoms with Crippen LogP contribution in [0.3, 0.4) is 0 Å². The largest absolute Gasteiger partial charge is 0.489 e. The maximum Gasteiger partial charge on any atom is 0.355 e. The molecule has 2 aliphatic carbocycles. The Kier molecular flexibility index (Phi) is 20.5. The van der Waals surface area contributed by atoms with Crippen LogP contribution in [-0.2, 0) is 55.1 Å². The lowest BCUT2D eigenvalue weighted by molar-refractivity contribution is -0.162. The summed E-state index contributed by atoms with van der Waals surface area (Å²) >= 11 is 0. The van der Waals surface area contributed by atoms with Crippen molar-refractivity contribution in [3.63, 3.8) is 0 Å². The maximum absolute atomic E-state index is 13.4. The Morgan fingerprint density at radius 2 is 0.962 bits per heavy atom. The van der Waals surface area contributed by atoms with Gasteiger partial charge < -0.3 is 52.2 Å². The smallest absolute Gasteiger partial charge is 0.355 e. The molecular formula is C79H68N10O15. The van der Waals surface area contributed by atoms with E-state index in [4.69, 9.17) is 48.3 Å². The summed E-state index contributed by atoms with van der Waals surface area (Å²) in [4.78, 5) is 93.8. The molecular weight excluding hydrogens is 1330 g/mol. The monoisotopic (exact) mass is 1400 g/mol. The second kappa shape index (κ2) is 30.6. The molecule has 0 unspecified atom stereocenters. The molecule has 104 heavy (non-hydrogen) atoms. The highest BCUT2D eigenvalue weighted by molar-refractivity contribution is 6.02. The number of hydrogen-bond donors (Lipinski definition) is 1. The summed E-state index contributed by atoms with van der Waals surface area (Å²) in [5.41, 5.74) is 28.3. The highest BCUT2D eigenvalue weighted by Gasteiger charge is 2.57. The highest BCUT2D eigenvalue weighted by Crippen LogP contribution is 2.47. The molecule has 6 aromatic rings. The van der Waals surface area contributed by atoms with E-state index in [1.54, 1.807) is 96.8 Å². The van der Waals surface area contributed by atoms with Gasteiger partial charge in [0.1, 0.15) is 96.5 Å². The van der Waals surface area contributed by atoms with Crippen molar-refractivity contribution >= 4 is 57.3 Å². The van der Waals surface area contributed by atoms with Crippen LogP contribution in [0.5, 0.6) is 23.0 Å². The van der Waals surface area contributed by atoms with Crippen LogP contribution in [-0.4, -0.2) is 80.0 Å². The SMILES string of the molecule is Cc1cc(COc2ccc3nc4ccc(=O)cc-4oc3c2)ccc1OC/C=C/C1=C(C(=O)OCc2ccc(N=[N+]=[N-])cc2)N2C(=O)[C@H](C(C)C)[C@H]2C1.Cc1cc(COc2ccc3nc4ccc(=O)cc-4oc3c2)ccc1OC/C=C/C1=C(C(=O)OCc2ccc(N=[N+]=[N-])cc2)N2C(=O)[C@H]([C@@H](C)O)[C@H]2C1. The van der Waals surface area contributed by atoms with Crippen LogP contribution >= 0.6 is 0 Å². The minimum Gasteiger partial charge on any atom is -0.489 e. The quantitative estimate of drug-likeness (QED) is 0.0147. The van der Waals surface area contributed by atoms with E-state index >= 15 is 0 Å². The van der Waals surface area contributed by atoms with Crippen molar-refractivity contribution in [1.29, 1.82) is 0 Å². The first-order chi connectivity index (χ1) is 50.4. The topological polar surface area (TPSA) is 334 Å². The molecule has 5 atom stereocenters. The molecule has 2 amide bonds. The van der Waals surface area contributed by atoms with Gasteiger partial charge in [-0.3, -0.25) is 19.2 Å². The number of carbonyl (C=O) groups excluding carboxylic acids is 4. The van der Waals surface area contributed by atoms with Gasteiger partial charge in [0.05, 0.1) is 30.0 Å². The van der Waals surface area contributed by atoms with Crippen LogP contribution in [0.4, 0.5) is 11.4 Å². The summed E-state index contributed by atoms with van der Waals surface area (Å²) < 4.78 is 47.2. The van der Waals surface area contributed by atoms with Crippen LogP contribution in [0.1, 0.15) is 67.0 Å². The number of esters is 2. The van der Waals surface area contributed by atoms with E-state index in [1.165, 1.54) is 29.2 Å². The fourth-order valence-corrected chi connectivity index (χ4v) is 13.2. The number of aryl methyl sites for hydroxylation is 2. The molecule has 0 saturated carbocycles. The predicted molar refractivity (Wildman–Crippen MR) is 382 cm³/mol. The van der Waals surface area contributed by atoms with Crippen molar-refractivity contribution in [2.24, 2.45) is 28.0 Å². The third-order valence-corrected chi connectivity index (χ3v) is 18.3. The minimum atomic E-state index is -0.848. The molecule has 524 valence electrons. The summed E-state index contributed by atoms with van der Waals surface area (Å²) in [5.74, 6) is 1.24. The molecule has 0 aromatic heterocycles. The molecule has 0 spiro atoms. The van der Waals surface area contributed by atoms with E-state index < -0.39 is 24.0 Å². The molecule has 0 bridgehead atoms. The summed E-state index contributed by atoms with van der Waals surface area (Å²) in [6, 6.07) is 44.3. The van der Waals surface area contributed by atoms with Crippen molar-refractivity contribution < 1.29 is 61.5 Å². The highest BCUT2D eigenvalue weighted by atomic mass is 16.5. The number of β-lactam (4-membered cyclic amide) rings is 2. The number of azide groups is 2. The first-order valence-corrected chi connectivity index (χ1v) is 33.5. The van der Waals surface area contributed by atoms with E-state index in [-0.39, 0.29) is 84.4 Å². The number of rotatable bonds is 24. The molecule has 8 aliphatic rings. The summed E-state index contributed by atoms with van der Waals surface area (Å²) in [6.07, 6.45) is 7.34. The number of aromatic nitrogens is 2. The number of aliphatic hydroxyl groups is 1. The number of ether oxygens (including phenoxy) is 6. The zero-order chi connectivity index (χ0) is 72.7. The van der Waals surface area contributed by atoms with Crippen LogP contribution in [0.2, 0.25) is 0 Å². The molecule has 6 heterocycles. The van der Waals surface area contributed by atoms with Gasteiger partial charge in [0.2, 0.25) is 11.8 Å². The Balaban J connectivity index is 0.000000185. The summed E-state index contributed by atoms with van der Waals surface area (Å²) in [7, 11) is 0. The Hall–Kier alpha value is -12.8. The Morgan fingerprint density at radius 1 is 0.538 bits per heavy atom. The minimum absolute atomic E-state index is 0.0107. The first kappa shape index (κ1) is 69.7. The zero-order valence-electron chi connectivity index (χ0n) is 57.1. The second-order valence-corrected chi connectivity index (χ2v) is 25.8. The van der Waals surface area contributed by atoms with Crippen LogP contribution < -0.4 is 29.8 Å². The third kappa shape index (κ3) is 15.3. The van der Waals surface area contributed by atoms with Gasteiger partial charge >= 0.3 is 11.9 Å². The van der Waals surface area contributed by atoms with Gasteiger partial charge in [-0.2, -0.15) is 0 Å². The first-order valence-electron chi connectivity index (χ1n) is 33.5.